The summed E-state index contributed by atoms with van der Waals surface area (Å²) < 4.78 is 13.5. The van der Waals surface area contributed by atoms with Crippen molar-refractivity contribution in [3.05, 3.63) is 58.7 Å². The highest BCUT2D eigenvalue weighted by atomic mass is 19.1. The van der Waals surface area contributed by atoms with Gasteiger partial charge in [-0.1, -0.05) is 38.1 Å². The Morgan fingerprint density at radius 3 is 2.30 bits per heavy atom. The predicted octanol–water partition coefficient (Wildman–Crippen LogP) is 3.10. The van der Waals surface area contributed by atoms with Gasteiger partial charge in [0.25, 0.3) is 0 Å². The van der Waals surface area contributed by atoms with Gasteiger partial charge in [0, 0.05) is 28.9 Å². The number of aliphatic hydroxyl groups excluding tert-OH is 3. The van der Waals surface area contributed by atoms with E-state index in [1.807, 2.05) is 13.8 Å². The van der Waals surface area contributed by atoms with Gasteiger partial charge in [-0.15, -0.1) is 0 Å². The van der Waals surface area contributed by atoms with E-state index in [-0.39, 0.29) is 18.8 Å². The van der Waals surface area contributed by atoms with Gasteiger partial charge in [0.05, 0.1) is 25.2 Å². The summed E-state index contributed by atoms with van der Waals surface area (Å²) >= 11 is 0. The monoisotopic (exact) mass is 417 g/mol. The lowest BCUT2D eigenvalue weighted by Gasteiger charge is -2.19. The van der Waals surface area contributed by atoms with E-state index >= 15 is 0 Å². The molecular formula is C23H28FNO5. The highest BCUT2D eigenvalue weighted by molar-refractivity contribution is 5.80. The maximum absolute atomic E-state index is 13.5. The van der Waals surface area contributed by atoms with Crippen LogP contribution in [0.2, 0.25) is 0 Å². The van der Waals surface area contributed by atoms with Gasteiger partial charge < -0.3 is 20.4 Å². The molecule has 2 aromatic rings. The Bertz CT molecular complexity index is 895. The number of aliphatic carboxylic acids is 1. The number of benzene rings is 1. The number of nitrogens with zero attached hydrogens (tertiary/aromatic N) is 1. The molecule has 7 heteroatoms. The van der Waals surface area contributed by atoms with Crippen molar-refractivity contribution in [3.63, 3.8) is 0 Å². The summed E-state index contributed by atoms with van der Waals surface area (Å²) in [5.74, 6) is -1.51. The molecule has 0 spiro atoms. The first-order valence-corrected chi connectivity index (χ1v) is 9.98. The number of pyridine rings is 1. The van der Waals surface area contributed by atoms with Crippen LogP contribution in [0.3, 0.4) is 0 Å². The van der Waals surface area contributed by atoms with Crippen LogP contribution in [0.25, 0.3) is 17.2 Å². The second-order valence-corrected chi connectivity index (χ2v) is 7.06. The van der Waals surface area contributed by atoms with Crippen LogP contribution in [-0.2, 0) is 24.2 Å². The van der Waals surface area contributed by atoms with Gasteiger partial charge in [0.2, 0.25) is 0 Å². The topological polar surface area (TPSA) is 111 Å². The van der Waals surface area contributed by atoms with Crippen molar-refractivity contribution < 1.29 is 29.6 Å². The minimum Gasteiger partial charge on any atom is -0.481 e. The Balaban J connectivity index is 2.53. The summed E-state index contributed by atoms with van der Waals surface area (Å²) in [6.07, 6.45) is 1.56. The second-order valence-electron chi connectivity index (χ2n) is 7.06. The number of aryl methyl sites for hydroxylation is 2. The molecule has 2 unspecified atom stereocenters. The van der Waals surface area contributed by atoms with Gasteiger partial charge in [-0.05, 0) is 36.1 Å². The number of rotatable bonds is 10. The van der Waals surface area contributed by atoms with Crippen molar-refractivity contribution in [2.24, 2.45) is 0 Å². The summed E-state index contributed by atoms with van der Waals surface area (Å²) in [5.41, 5.74) is 4.28. The molecule has 1 aromatic heterocycles. The molecule has 2 atom stereocenters. The number of hydrogen-bond acceptors (Lipinski definition) is 5. The lowest BCUT2D eigenvalue weighted by Crippen LogP contribution is -2.19. The molecule has 1 aromatic carbocycles. The van der Waals surface area contributed by atoms with E-state index in [2.05, 4.69) is 4.98 Å². The summed E-state index contributed by atoms with van der Waals surface area (Å²) in [7, 11) is 0. The van der Waals surface area contributed by atoms with E-state index in [4.69, 9.17) is 5.11 Å². The zero-order valence-corrected chi connectivity index (χ0v) is 17.2. The van der Waals surface area contributed by atoms with E-state index in [9.17, 15) is 24.5 Å². The number of carbonyl (C=O) groups is 1. The average Bonchev–Trinajstić information content (AvgIpc) is 2.70. The molecular weight excluding hydrogens is 389 g/mol. The van der Waals surface area contributed by atoms with Gasteiger partial charge in [-0.2, -0.15) is 0 Å². The first-order valence-electron chi connectivity index (χ1n) is 9.98. The molecule has 6 nitrogen and oxygen atoms in total. The zero-order valence-electron chi connectivity index (χ0n) is 17.2. The lowest BCUT2D eigenvalue weighted by atomic mass is 9.90. The minimum atomic E-state index is -1.17. The van der Waals surface area contributed by atoms with E-state index < -0.39 is 24.6 Å². The van der Waals surface area contributed by atoms with E-state index in [1.54, 1.807) is 18.2 Å². The number of hydrogen-bond donors (Lipinski definition) is 4. The molecule has 162 valence electrons. The number of carboxylic acids is 1. The Hall–Kier alpha value is -2.61. The molecule has 0 aliphatic rings. The Morgan fingerprint density at radius 1 is 1.13 bits per heavy atom. The Labute approximate surface area is 175 Å². The largest absolute Gasteiger partial charge is 0.481 e. The van der Waals surface area contributed by atoms with E-state index in [0.717, 1.165) is 17.0 Å². The molecule has 0 aliphatic carbocycles. The summed E-state index contributed by atoms with van der Waals surface area (Å²) in [6.45, 7) is 3.64. The molecule has 0 amide bonds. The third kappa shape index (κ3) is 5.95. The van der Waals surface area contributed by atoms with Crippen LogP contribution in [0.1, 0.15) is 49.2 Å². The molecule has 2 rings (SSSR count). The predicted molar refractivity (Wildman–Crippen MR) is 112 cm³/mol. The Morgan fingerprint density at radius 2 is 1.77 bits per heavy atom. The van der Waals surface area contributed by atoms with Gasteiger partial charge in [-0.25, -0.2) is 4.39 Å². The number of aliphatic hydroxyl groups is 3. The fourth-order valence-electron chi connectivity index (χ4n) is 3.45. The SMILES string of the molecule is CCc1nc(CC)c(CO)c(-c2ccc(F)cc2)c1/C=C/C(O)CC(O)CC(=O)O. The summed E-state index contributed by atoms with van der Waals surface area (Å²) in [5, 5.41) is 38.7. The Kier molecular flexibility index (Phi) is 8.65. The van der Waals surface area contributed by atoms with Crippen LogP contribution in [0, 0.1) is 5.82 Å². The standard InChI is InChI=1S/C23H28FNO5/c1-3-20-18(10-9-16(27)11-17(28)12-22(29)30)23(14-5-7-15(24)8-6-14)19(13-26)21(4-2)25-20/h5-10,16-17,26-28H,3-4,11-13H2,1-2H3,(H,29,30)/b10-9+. The zero-order chi connectivity index (χ0) is 22.3. The quantitative estimate of drug-likeness (QED) is 0.473. The van der Waals surface area contributed by atoms with Crippen LogP contribution in [-0.4, -0.2) is 43.6 Å². The lowest BCUT2D eigenvalue weighted by molar-refractivity contribution is -0.139. The van der Waals surface area contributed by atoms with Crippen molar-refractivity contribution in [1.82, 2.24) is 4.98 Å². The highest BCUT2D eigenvalue weighted by Gasteiger charge is 2.19. The maximum atomic E-state index is 13.5. The maximum Gasteiger partial charge on any atom is 0.305 e. The molecule has 0 radical (unpaired) electrons. The normalized spacial score (nSPS) is 13.5. The average molecular weight is 417 g/mol. The summed E-state index contributed by atoms with van der Waals surface area (Å²) in [4.78, 5) is 15.4. The molecule has 4 N–H and O–H groups in total. The third-order valence-corrected chi connectivity index (χ3v) is 4.87. The second kappa shape index (κ2) is 11.0. The number of aromatic nitrogens is 1. The minimum absolute atomic E-state index is 0.122. The van der Waals surface area contributed by atoms with Crippen molar-refractivity contribution in [2.75, 3.05) is 0 Å². The molecule has 0 saturated heterocycles. The fourth-order valence-corrected chi connectivity index (χ4v) is 3.45. The van der Waals surface area contributed by atoms with Crippen LogP contribution in [0.4, 0.5) is 4.39 Å². The van der Waals surface area contributed by atoms with Gasteiger partial charge in [0.15, 0.2) is 0 Å². The number of carboxylic acid groups (broad SMARTS) is 1. The fraction of sp³-hybridized carbons (Fsp3) is 0.391. The van der Waals surface area contributed by atoms with Crippen molar-refractivity contribution >= 4 is 12.0 Å². The van der Waals surface area contributed by atoms with E-state index in [1.165, 1.54) is 18.2 Å². The van der Waals surface area contributed by atoms with Gasteiger partial charge in [0.1, 0.15) is 5.82 Å². The molecule has 0 aliphatic heterocycles. The van der Waals surface area contributed by atoms with Crippen molar-refractivity contribution in [3.8, 4) is 11.1 Å². The molecule has 0 saturated carbocycles. The van der Waals surface area contributed by atoms with Crippen molar-refractivity contribution in [1.29, 1.82) is 0 Å². The van der Waals surface area contributed by atoms with Crippen molar-refractivity contribution in [2.45, 2.75) is 58.3 Å². The van der Waals surface area contributed by atoms with Crippen LogP contribution < -0.4 is 0 Å². The van der Waals surface area contributed by atoms with Crippen LogP contribution >= 0.6 is 0 Å². The van der Waals surface area contributed by atoms with Gasteiger partial charge >= 0.3 is 5.97 Å². The third-order valence-electron chi connectivity index (χ3n) is 4.87. The number of halogens is 1. The highest BCUT2D eigenvalue weighted by Crippen LogP contribution is 2.33. The molecule has 1 heterocycles. The van der Waals surface area contributed by atoms with Gasteiger partial charge in [-0.3, -0.25) is 9.78 Å². The van der Waals surface area contributed by atoms with Crippen LogP contribution in [0.5, 0.6) is 0 Å². The first-order chi connectivity index (χ1) is 14.3. The molecule has 0 fully saturated rings. The smallest absolute Gasteiger partial charge is 0.305 e. The van der Waals surface area contributed by atoms with Crippen LogP contribution in [0.15, 0.2) is 30.3 Å². The molecule has 0 bridgehead atoms. The van der Waals surface area contributed by atoms with E-state index in [0.29, 0.717) is 29.5 Å². The summed E-state index contributed by atoms with van der Waals surface area (Å²) in [6, 6.07) is 5.96. The molecule has 30 heavy (non-hydrogen) atoms. The first kappa shape index (κ1) is 23.7.